The van der Waals surface area contributed by atoms with E-state index >= 15 is 0 Å². The Morgan fingerprint density at radius 2 is 0.969 bits per heavy atom. The zero-order valence-electron chi connectivity index (χ0n) is 44.6. The lowest BCUT2D eigenvalue weighted by atomic mass is 9.78. The van der Waals surface area contributed by atoms with Crippen LogP contribution >= 0.6 is 0 Å². The molecule has 1 aliphatic carbocycles. The van der Waals surface area contributed by atoms with Gasteiger partial charge in [-0.1, -0.05) is 131 Å². The molecule has 64 heavy (non-hydrogen) atoms. The largest absolute Gasteiger partial charge is 0.370 e. The van der Waals surface area contributed by atoms with Crippen molar-refractivity contribution in [3.8, 4) is 0 Å². The molecule has 4 atom stereocenters. The Morgan fingerprint density at radius 3 is 1.28 bits per heavy atom. The lowest BCUT2D eigenvalue weighted by Gasteiger charge is -2.28. The molecule has 9 N–H and O–H groups in total. The van der Waals surface area contributed by atoms with Crippen LogP contribution in [0.4, 0.5) is 0 Å². The van der Waals surface area contributed by atoms with Crippen molar-refractivity contribution in [3.05, 3.63) is 0 Å². The van der Waals surface area contributed by atoms with Crippen LogP contribution in [0.15, 0.2) is 0 Å². The van der Waals surface area contributed by atoms with Crippen molar-refractivity contribution in [1.82, 2.24) is 16.0 Å². The van der Waals surface area contributed by atoms with E-state index in [-0.39, 0.29) is 60.8 Å². The molecule has 0 bridgehead atoms. The summed E-state index contributed by atoms with van der Waals surface area (Å²) in [5.41, 5.74) is 17.0. The second kappa shape index (κ2) is 34.4. The van der Waals surface area contributed by atoms with Crippen molar-refractivity contribution in [1.29, 1.82) is 0 Å². The Labute approximate surface area is 393 Å². The third kappa shape index (κ3) is 39.5. The van der Waals surface area contributed by atoms with Gasteiger partial charge in [0.2, 0.25) is 23.6 Å². The van der Waals surface area contributed by atoms with Crippen LogP contribution in [0.1, 0.15) is 208 Å². The van der Waals surface area contributed by atoms with E-state index in [2.05, 4.69) is 99.0 Å². The maximum atomic E-state index is 12.0. The van der Waals surface area contributed by atoms with Crippen LogP contribution in [-0.2, 0) is 28.8 Å². The SMILES string of the molecule is CC(C)(C)CC1CCC(C(C)(C)C)C1.CC(C)CC(CC(C)C)NC(=O)CN.CC(C)CCC(=O)C(CC(N)=O)NC(=O)CC(C)C.CC(C)CCC(=O)C(CN)NC(=O)CC(C)C. The molecule has 12 heteroatoms. The molecule has 1 saturated carbocycles. The van der Waals surface area contributed by atoms with Gasteiger partial charge in [0.15, 0.2) is 11.6 Å². The zero-order valence-corrected chi connectivity index (χ0v) is 44.6. The first kappa shape index (κ1) is 65.4. The third-order valence-corrected chi connectivity index (χ3v) is 10.9. The first-order valence-corrected chi connectivity index (χ1v) is 24.8. The highest BCUT2D eigenvalue weighted by Gasteiger charge is 2.34. The molecule has 0 aliphatic heterocycles. The van der Waals surface area contributed by atoms with Gasteiger partial charge in [0.1, 0.15) is 0 Å². The highest BCUT2D eigenvalue weighted by Crippen LogP contribution is 2.45. The summed E-state index contributed by atoms with van der Waals surface area (Å²) in [6.07, 6.45) is 11.0. The molecular weight excluding hydrogens is 805 g/mol. The second-order valence-corrected chi connectivity index (χ2v) is 23.4. The Bertz CT molecular complexity index is 1300. The van der Waals surface area contributed by atoms with E-state index in [9.17, 15) is 28.8 Å². The van der Waals surface area contributed by atoms with Gasteiger partial charge in [-0.2, -0.15) is 0 Å². The molecule has 0 aromatic heterocycles. The van der Waals surface area contributed by atoms with Crippen molar-refractivity contribution < 1.29 is 28.8 Å². The molecule has 0 aromatic carbocycles. The van der Waals surface area contributed by atoms with Crippen LogP contribution in [-0.4, -0.2) is 66.4 Å². The summed E-state index contributed by atoms with van der Waals surface area (Å²) >= 11 is 0. The predicted molar refractivity (Wildman–Crippen MR) is 268 cm³/mol. The van der Waals surface area contributed by atoms with E-state index in [1.165, 1.54) is 25.7 Å². The summed E-state index contributed by atoms with van der Waals surface area (Å²) in [4.78, 5) is 69.1. The smallest absolute Gasteiger partial charge is 0.233 e. The molecule has 0 saturated heterocycles. The van der Waals surface area contributed by atoms with Gasteiger partial charge in [0.25, 0.3) is 0 Å². The molecule has 0 spiro atoms. The fraction of sp³-hybridized carbons (Fsp3) is 0.885. The first-order valence-electron chi connectivity index (χ1n) is 24.8. The van der Waals surface area contributed by atoms with Crippen molar-refractivity contribution in [2.75, 3.05) is 13.1 Å². The number of amides is 4. The number of hydrogen-bond acceptors (Lipinski definition) is 8. The van der Waals surface area contributed by atoms with Gasteiger partial charge in [-0.3, -0.25) is 28.8 Å². The maximum absolute atomic E-state index is 12.0. The summed E-state index contributed by atoms with van der Waals surface area (Å²) in [6, 6.07) is -1.01. The summed E-state index contributed by atoms with van der Waals surface area (Å²) < 4.78 is 0. The Balaban J connectivity index is -0.000000781. The molecule has 1 rings (SSSR count). The van der Waals surface area contributed by atoms with E-state index in [4.69, 9.17) is 17.2 Å². The van der Waals surface area contributed by atoms with E-state index < -0.39 is 18.0 Å². The molecule has 4 unspecified atom stereocenters. The second-order valence-electron chi connectivity index (χ2n) is 23.4. The number of carbonyl (C=O) groups is 6. The minimum absolute atomic E-state index is 0.0401. The number of nitrogens with one attached hydrogen (secondary N) is 3. The number of nitrogens with two attached hydrogens (primary N) is 3. The summed E-state index contributed by atoms with van der Waals surface area (Å²) in [5.74, 6) is 3.58. The molecule has 0 aromatic rings. The van der Waals surface area contributed by atoms with E-state index in [1.54, 1.807) is 0 Å². The molecule has 1 aliphatic rings. The predicted octanol–water partition coefficient (Wildman–Crippen LogP) is 9.29. The molecule has 4 amide bonds. The minimum atomic E-state index is -0.775. The fourth-order valence-electron chi connectivity index (χ4n) is 7.73. The van der Waals surface area contributed by atoms with Crippen molar-refractivity contribution in [2.24, 2.45) is 75.4 Å². The molecular formula is C52H104N6O6. The lowest BCUT2D eigenvalue weighted by molar-refractivity contribution is -0.130. The number of rotatable bonds is 24. The average Bonchev–Trinajstić information content (AvgIpc) is 3.59. The van der Waals surface area contributed by atoms with E-state index in [0.717, 1.165) is 37.5 Å². The van der Waals surface area contributed by atoms with Crippen LogP contribution in [0, 0.1) is 58.2 Å². The van der Waals surface area contributed by atoms with Gasteiger partial charge in [-0.15, -0.1) is 0 Å². The van der Waals surface area contributed by atoms with Crippen molar-refractivity contribution in [2.45, 2.75) is 226 Å². The Hall–Kier alpha value is -2.86. The van der Waals surface area contributed by atoms with Gasteiger partial charge in [-0.25, -0.2) is 0 Å². The quantitative estimate of drug-likeness (QED) is 0.0547. The van der Waals surface area contributed by atoms with Crippen molar-refractivity contribution >= 4 is 35.2 Å². The van der Waals surface area contributed by atoms with Crippen LogP contribution in [0.2, 0.25) is 0 Å². The van der Waals surface area contributed by atoms with Crippen LogP contribution in [0.25, 0.3) is 0 Å². The Kier molecular flexibility index (Phi) is 35.2. The van der Waals surface area contributed by atoms with E-state index in [0.29, 0.717) is 66.1 Å². The maximum Gasteiger partial charge on any atom is 0.233 e. The van der Waals surface area contributed by atoms with Crippen LogP contribution < -0.4 is 33.2 Å². The number of primary amides is 1. The van der Waals surface area contributed by atoms with Crippen molar-refractivity contribution in [3.63, 3.8) is 0 Å². The van der Waals surface area contributed by atoms with Crippen LogP contribution in [0.3, 0.4) is 0 Å². The van der Waals surface area contributed by atoms with Gasteiger partial charge >= 0.3 is 0 Å². The van der Waals surface area contributed by atoms with Gasteiger partial charge < -0.3 is 33.2 Å². The number of carbonyl (C=O) groups excluding carboxylic acids is 6. The van der Waals surface area contributed by atoms with Crippen LogP contribution in [0.5, 0.6) is 0 Å². The first-order chi connectivity index (χ1) is 29.2. The summed E-state index contributed by atoms with van der Waals surface area (Å²) in [7, 11) is 0. The fourth-order valence-corrected chi connectivity index (χ4v) is 7.73. The normalized spacial score (nSPS) is 16.1. The summed E-state index contributed by atoms with van der Waals surface area (Å²) in [5, 5.41) is 8.29. The molecule has 12 nitrogen and oxygen atoms in total. The molecule has 0 heterocycles. The number of hydrogen-bond donors (Lipinski definition) is 6. The molecule has 378 valence electrons. The van der Waals surface area contributed by atoms with Gasteiger partial charge in [0.05, 0.1) is 25.0 Å². The monoisotopic (exact) mass is 909 g/mol. The summed E-state index contributed by atoms with van der Waals surface area (Å²) in [6.45, 7) is 39.2. The van der Waals surface area contributed by atoms with Gasteiger partial charge in [0, 0.05) is 38.3 Å². The lowest BCUT2D eigenvalue weighted by Crippen LogP contribution is -2.46. The number of ketones is 2. The number of Topliss-reactive ketones (excluding diaryl/α,β-unsaturated/α-hetero) is 2. The topological polar surface area (TPSA) is 217 Å². The van der Waals surface area contributed by atoms with E-state index in [1.807, 2.05) is 41.5 Å². The standard InChI is InChI=1S/C14H26N2O3.C14H28.C13H26N2O2.C11H24N2O/c1-9(2)5-6-12(17)11(8-13(15)18)16-14(19)7-10(3)4;1-13(2,3)10-11-7-8-12(9-11)14(4,5)6;1-9(2)5-6-12(16)11(8-14)15-13(17)7-10(3)4;1-8(2)5-10(6-9(3)4)13-11(14)7-12/h9-11H,5-8H2,1-4H3,(H2,15,18)(H,16,19);11-12H,7-10H2,1-6H3;9-11H,5-8,14H2,1-4H3,(H,15,17);8-10H,5-7,12H2,1-4H3,(H,13,14). The highest BCUT2D eigenvalue weighted by atomic mass is 16.2. The third-order valence-electron chi connectivity index (χ3n) is 10.9. The molecule has 0 radical (unpaired) electrons. The Morgan fingerprint density at radius 1 is 0.547 bits per heavy atom. The molecule has 1 fully saturated rings. The minimum Gasteiger partial charge on any atom is -0.370 e. The zero-order chi connectivity index (χ0) is 50.5. The van der Waals surface area contributed by atoms with Gasteiger partial charge in [-0.05, 0) is 103 Å². The highest BCUT2D eigenvalue weighted by molar-refractivity contribution is 5.93. The average molecular weight is 909 g/mol.